The lowest BCUT2D eigenvalue weighted by Gasteiger charge is -2.32. The van der Waals surface area contributed by atoms with Crippen molar-refractivity contribution in [3.63, 3.8) is 0 Å². The van der Waals surface area contributed by atoms with Crippen molar-refractivity contribution in [1.82, 2.24) is 9.38 Å². The molecule has 7 nitrogen and oxygen atoms in total. The van der Waals surface area contributed by atoms with Gasteiger partial charge in [-0.3, -0.25) is 4.40 Å². The molecule has 0 spiro atoms. The normalized spacial score (nSPS) is 13.5. The van der Waals surface area contributed by atoms with Crippen molar-refractivity contribution < 1.29 is 19.3 Å². The van der Waals surface area contributed by atoms with E-state index in [9.17, 15) is 10.4 Å². The van der Waals surface area contributed by atoms with Crippen molar-refractivity contribution in [3.8, 4) is 6.07 Å². The predicted molar refractivity (Wildman–Crippen MR) is 169 cm³/mol. The van der Waals surface area contributed by atoms with Crippen LogP contribution >= 0.6 is 0 Å². The van der Waals surface area contributed by atoms with Gasteiger partial charge in [0, 0.05) is 11.8 Å². The molecule has 3 atom stereocenters. The number of ether oxygens (including phenoxy) is 3. The standard InChI is InChI=1S/C37H33N3O4/c38-21-30-20-31(22-40-33-19-11-10-18-32(33)39-37(30)40)35(43-24-28-14-6-2-7-15-28)36(44-25-29-16-8-3-9-17-29)34(41)26-42-23-27-12-4-1-5-13-27/h1-20,22,34-36,41H,23-26H2/t34-,35-,36+/m1/s1. The molecule has 0 aliphatic carbocycles. The summed E-state index contributed by atoms with van der Waals surface area (Å²) in [6.45, 7) is 0.915. The number of rotatable bonds is 13. The van der Waals surface area contributed by atoms with Crippen LogP contribution < -0.4 is 0 Å². The molecule has 6 aromatic rings. The van der Waals surface area contributed by atoms with Crippen LogP contribution in [0.3, 0.4) is 0 Å². The van der Waals surface area contributed by atoms with Crippen molar-refractivity contribution in [3.05, 3.63) is 155 Å². The third kappa shape index (κ3) is 6.86. The van der Waals surface area contributed by atoms with Gasteiger partial charge >= 0.3 is 0 Å². The van der Waals surface area contributed by atoms with Crippen LogP contribution in [0.15, 0.2) is 128 Å². The first kappa shape index (κ1) is 29.2. The van der Waals surface area contributed by atoms with Crippen molar-refractivity contribution >= 4 is 16.7 Å². The van der Waals surface area contributed by atoms with E-state index in [1.54, 1.807) is 6.07 Å². The average molecular weight is 584 g/mol. The Balaban J connectivity index is 1.37. The molecule has 4 aromatic carbocycles. The van der Waals surface area contributed by atoms with Gasteiger partial charge in [-0.15, -0.1) is 0 Å². The molecule has 220 valence electrons. The monoisotopic (exact) mass is 583 g/mol. The number of aliphatic hydroxyl groups is 1. The second kappa shape index (κ2) is 14.1. The molecule has 0 bridgehead atoms. The minimum absolute atomic E-state index is 0.0287. The van der Waals surface area contributed by atoms with Crippen LogP contribution in [0.2, 0.25) is 0 Å². The Morgan fingerprint density at radius 3 is 1.93 bits per heavy atom. The van der Waals surface area contributed by atoms with Gasteiger partial charge in [0.2, 0.25) is 0 Å². The zero-order chi connectivity index (χ0) is 30.1. The van der Waals surface area contributed by atoms with E-state index in [0.717, 1.165) is 27.7 Å². The molecule has 0 aliphatic heterocycles. The molecule has 1 N–H and O–H groups in total. The zero-order valence-corrected chi connectivity index (χ0v) is 24.2. The number of imidazole rings is 1. The van der Waals surface area contributed by atoms with E-state index in [4.69, 9.17) is 19.2 Å². The number of aliphatic hydroxyl groups excluding tert-OH is 1. The molecule has 0 saturated carbocycles. The molecule has 44 heavy (non-hydrogen) atoms. The average Bonchev–Trinajstić information content (AvgIpc) is 3.46. The summed E-state index contributed by atoms with van der Waals surface area (Å²) < 4.78 is 21.0. The first-order valence-corrected chi connectivity index (χ1v) is 14.6. The van der Waals surface area contributed by atoms with Gasteiger partial charge in [0.1, 0.15) is 24.4 Å². The van der Waals surface area contributed by atoms with E-state index in [0.29, 0.717) is 23.4 Å². The summed E-state index contributed by atoms with van der Waals surface area (Å²) in [6.07, 6.45) is -0.679. The molecular weight excluding hydrogens is 550 g/mol. The van der Waals surface area contributed by atoms with Crippen molar-refractivity contribution in [2.45, 2.75) is 38.1 Å². The molecule has 7 heteroatoms. The van der Waals surface area contributed by atoms with Crippen LogP contribution in [-0.4, -0.2) is 33.3 Å². The van der Waals surface area contributed by atoms with E-state index < -0.39 is 18.3 Å². The fourth-order valence-electron chi connectivity index (χ4n) is 5.30. The number of nitrogens with zero attached hydrogens (tertiary/aromatic N) is 3. The summed E-state index contributed by atoms with van der Waals surface area (Å²) in [5.41, 5.74) is 6.26. The van der Waals surface area contributed by atoms with Crippen LogP contribution in [0.5, 0.6) is 0 Å². The summed E-state index contributed by atoms with van der Waals surface area (Å²) in [5.74, 6) is 0. The number of aromatic nitrogens is 2. The first-order chi connectivity index (χ1) is 21.7. The lowest BCUT2D eigenvalue weighted by atomic mass is 9.99. The summed E-state index contributed by atoms with van der Waals surface area (Å²) in [7, 11) is 0. The molecule has 6 rings (SSSR count). The fraction of sp³-hybridized carbons (Fsp3) is 0.189. The topological polar surface area (TPSA) is 89.0 Å². The van der Waals surface area contributed by atoms with E-state index in [1.807, 2.05) is 126 Å². The summed E-state index contributed by atoms with van der Waals surface area (Å²) in [6, 6.07) is 41.3. The van der Waals surface area contributed by atoms with E-state index in [2.05, 4.69) is 6.07 Å². The molecule has 0 amide bonds. The zero-order valence-electron chi connectivity index (χ0n) is 24.2. The number of nitriles is 1. The van der Waals surface area contributed by atoms with Crippen molar-refractivity contribution in [1.29, 1.82) is 5.26 Å². The molecular formula is C37H33N3O4. The van der Waals surface area contributed by atoms with E-state index >= 15 is 0 Å². The summed E-state index contributed by atoms with van der Waals surface area (Å²) in [4.78, 5) is 4.70. The van der Waals surface area contributed by atoms with E-state index in [1.165, 1.54) is 0 Å². The van der Waals surface area contributed by atoms with Crippen LogP contribution in [0.25, 0.3) is 16.7 Å². The summed E-state index contributed by atoms with van der Waals surface area (Å²) >= 11 is 0. The molecule has 0 radical (unpaired) electrons. The van der Waals surface area contributed by atoms with Gasteiger partial charge in [0.15, 0.2) is 5.65 Å². The molecule has 0 aliphatic rings. The van der Waals surface area contributed by atoms with E-state index in [-0.39, 0.29) is 19.8 Å². The number of para-hydroxylation sites is 2. The Kier molecular flexibility index (Phi) is 9.36. The number of hydrogen-bond donors (Lipinski definition) is 1. The molecule has 0 fully saturated rings. The quantitative estimate of drug-likeness (QED) is 0.161. The Labute approximate surface area is 256 Å². The largest absolute Gasteiger partial charge is 0.388 e. The highest BCUT2D eigenvalue weighted by Gasteiger charge is 2.33. The second-order valence-corrected chi connectivity index (χ2v) is 10.6. The van der Waals surface area contributed by atoms with Crippen LogP contribution in [-0.2, 0) is 34.0 Å². The van der Waals surface area contributed by atoms with Gasteiger partial charge in [-0.1, -0.05) is 103 Å². The first-order valence-electron chi connectivity index (χ1n) is 14.6. The lowest BCUT2D eigenvalue weighted by molar-refractivity contribution is -0.150. The maximum absolute atomic E-state index is 11.7. The third-order valence-electron chi connectivity index (χ3n) is 7.51. The number of pyridine rings is 1. The van der Waals surface area contributed by atoms with Crippen molar-refractivity contribution in [2.24, 2.45) is 0 Å². The van der Waals surface area contributed by atoms with Gasteiger partial charge < -0.3 is 19.3 Å². The smallest absolute Gasteiger partial charge is 0.155 e. The van der Waals surface area contributed by atoms with Gasteiger partial charge in [-0.2, -0.15) is 5.26 Å². The van der Waals surface area contributed by atoms with Crippen LogP contribution in [0.4, 0.5) is 0 Å². The highest BCUT2D eigenvalue weighted by Crippen LogP contribution is 2.31. The van der Waals surface area contributed by atoms with Gasteiger partial charge in [0.25, 0.3) is 0 Å². The Morgan fingerprint density at radius 1 is 0.727 bits per heavy atom. The Morgan fingerprint density at radius 2 is 1.30 bits per heavy atom. The minimum atomic E-state index is -1.04. The third-order valence-corrected chi connectivity index (χ3v) is 7.51. The van der Waals surface area contributed by atoms with Crippen LogP contribution in [0.1, 0.15) is 33.9 Å². The number of benzene rings is 4. The molecule has 2 aromatic heterocycles. The van der Waals surface area contributed by atoms with Gasteiger partial charge in [-0.05, 0) is 34.9 Å². The molecule has 0 unspecified atom stereocenters. The predicted octanol–water partition coefficient (Wildman–Crippen LogP) is 6.78. The Bertz CT molecular complexity index is 1840. The van der Waals surface area contributed by atoms with Gasteiger partial charge in [0.05, 0.1) is 43.0 Å². The molecule has 2 heterocycles. The SMILES string of the molecule is N#Cc1cc([C@@H](OCc2ccccc2)[C@@H](OCc2ccccc2)[C@H](O)COCc2ccccc2)cn2c1nc1ccccc12. The van der Waals surface area contributed by atoms with Crippen LogP contribution in [0, 0.1) is 11.3 Å². The maximum Gasteiger partial charge on any atom is 0.155 e. The lowest BCUT2D eigenvalue weighted by Crippen LogP contribution is -2.39. The highest BCUT2D eigenvalue weighted by atomic mass is 16.6. The number of fused-ring (bicyclic) bond motifs is 3. The minimum Gasteiger partial charge on any atom is -0.388 e. The second-order valence-electron chi connectivity index (χ2n) is 10.6. The fourth-order valence-corrected chi connectivity index (χ4v) is 5.30. The maximum atomic E-state index is 11.7. The summed E-state index contributed by atoms with van der Waals surface area (Å²) in [5, 5.41) is 21.8. The molecule has 0 saturated heterocycles. The Hall–Kier alpha value is -4.84. The van der Waals surface area contributed by atoms with Crippen molar-refractivity contribution in [2.75, 3.05) is 6.61 Å². The number of hydrogen-bond acceptors (Lipinski definition) is 6. The van der Waals surface area contributed by atoms with Gasteiger partial charge in [-0.25, -0.2) is 4.98 Å². The highest BCUT2D eigenvalue weighted by molar-refractivity contribution is 5.82.